The Morgan fingerprint density at radius 2 is 1.85 bits per heavy atom. The van der Waals surface area contributed by atoms with Gasteiger partial charge in [0.25, 0.3) is 0 Å². The van der Waals surface area contributed by atoms with Crippen molar-refractivity contribution in [1.29, 1.82) is 0 Å². The number of aliphatic hydroxyl groups is 1. The number of rotatable bonds is 8. The molecule has 0 bridgehead atoms. The van der Waals surface area contributed by atoms with E-state index in [0.29, 0.717) is 19.5 Å². The summed E-state index contributed by atoms with van der Waals surface area (Å²) >= 11 is 0. The monoisotopic (exact) mass is 282 g/mol. The highest BCUT2D eigenvalue weighted by atomic mass is 16.3. The lowest BCUT2D eigenvalue weighted by molar-refractivity contribution is -0.125. The first-order chi connectivity index (χ1) is 9.65. The van der Waals surface area contributed by atoms with Gasteiger partial charge in [-0.25, -0.2) is 0 Å². The summed E-state index contributed by atoms with van der Waals surface area (Å²) in [6.07, 6.45) is 7.55. The van der Waals surface area contributed by atoms with Crippen molar-refractivity contribution in [1.82, 2.24) is 10.6 Å². The Labute approximate surface area is 120 Å². The van der Waals surface area contributed by atoms with Crippen LogP contribution in [-0.2, 0) is 9.59 Å². The van der Waals surface area contributed by atoms with Crippen LogP contribution in [0, 0.1) is 11.3 Å². The van der Waals surface area contributed by atoms with Crippen LogP contribution in [-0.4, -0.2) is 36.6 Å². The van der Waals surface area contributed by atoms with Crippen molar-refractivity contribution in [3.8, 4) is 0 Å². The van der Waals surface area contributed by atoms with Crippen molar-refractivity contribution in [2.75, 3.05) is 19.7 Å². The fourth-order valence-corrected chi connectivity index (χ4v) is 2.94. The summed E-state index contributed by atoms with van der Waals surface area (Å²) in [5.41, 5.74) is 0.150. The van der Waals surface area contributed by atoms with Crippen LogP contribution < -0.4 is 10.6 Å². The van der Waals surface area contributed by atoms with Gasteiger partial charge in [-0.1, -0.05) is 12.8 Å². The highest BCUT2D eigenvalue weighted by Gasteiger charge is 2.41. The Bertz CT molecular complexity index is 347. The quantitative estimate of drug-likeness (QED) is 0.620. The Kier molecular flexibility index (Phi) is 5.40. The molecule has 2 aliphatic carbocycles. The molecule has 0 aromatic heterocycles. The second kappa shape index (κ2) is 7.07. The molecule has 114 valence electrons. The molecule has 0 unspecified atom stereocenters. The molecule has 2 saturated carbocycles. The maximum Gasteiger partial charge on any atom is 0.223 e. The standard InChI is InChI=1S/C15H26N2O3/c18-10-8-15(6-7-15)11-17-13(19)5-9-16-14(20)12-3-1-2-4-12/h12,18H,1-11H2,(H,16,20)(H,17,19). The summed E-state index contributed by atoms with van der Waals surface area (Å²) in [5.74, 6) is 0.257. The highest BCUT2D eigenvalue weighted by molar-refractivity contribution is 5.80. The molecule has 0 saturated heterocycles. The maximum atomic E-state index is 11.8. The van der Waals surface area contributed by atoms with Crippen molar-refractivity contribution in [2.45, 2.75) is 51.4 Å². The van der Waals surface area contributed by atoms with Gasteiger partial charge in [0.1, 0.15) is 0 Å². The van der Waals surface area contributed by atoms with Crippen LogP contribution >= 0.6 is 0 Å². The fraction of sp³-hybridized carbons (Fsp3) is 0.867. The number of aliphatic hydroxyl groups excluding tert-OH is 1. The molecule has 3 N–H and O–H groups in total. The second-order valence-electron chi connectivity index (χ2n) is 6.27. The van der Waals surface area contributed by atoms with Gasteiger partial charge in [-0.2, -0.15) is 0 Å². The number of amides is 2. The summed E-state index contributed by atoms with van der Waals surface area (Å²) in [5, 5.41) is 14.7. The van der Waals surface area contributed by atoms with E-state index in [-0.39, 0.29) is 29.8 Å². The Balaban J connectivity index is 1.55. The second-order valence-corrected chi connectivity index (χ2v) is 6.27. The molecule has 5 heteroatoms. The van der Waals surface area contributed by atoms with Crippen LogP contribution in [0.25, 0.3) is 0 Å². The Hall–Kier alpha value is -1.10. The van der Waals surface area contributed by atoms with Crippen LogP contribution in [0.3, 0.4) is 0 Å². The van der Waals surface area contributed by atoms with Crippen molar-refractivity contribution < 1.29 is 14.7 Å². The lowest BCUT2D eigenvalue weighted by Gasteiger charge is -2.15. The van der Waals surface area contributed by atoms with E-state index < -0.39 is 0 Å². The van der Waals surface area contributed by atoms with E-state index in [4.69, 9.17) is 5.11 Å². The molecule has 2 aliphatic rings. The van der Waals surface area contributed by atoms with E-state index in [1.54, 1.807) is 0 Å². The summed E-state index contributed by atoms with van der Waals surface area (Å²) in [4.78, 5) is 23.5. The summed E-state index contributed by atoms with van der Waals surface area (Å²) in [6, 6.07) is 0. The first-order valence-electron chi connectivity index (χ1n) is 7.80. The maximum absolute atomic E-state index is 11.8. The van der Waals surface area contributed by atoms with Gasteiger partial charge in [0.05, 0.1) is 0 Å². The molecule has 0 atom stereocenters. The van der Waals surface area contributed by atoms with Crippen molar-refractivity contribution in [2.24, 2.45) is 11.3 Å². The summed E-state index contributed by atoms with van der Waals surface area (Å²) in [7, 11) is 0. The van der Waals surface area contributed by atoms with Crippen LogP contribution in [0.1, 0.15) is 51.4 Å². The lowest BCUT2D eigenvalue weighted by atomic mass is 10.0. The minimum absolute atomic E-state index is 0.0130. The van der Waals surface area contributed by atoms with Crippen molar-refractivity contribution in [3.63, 3.8) is 0 Å². The number of carbonyl (C=O) groups is 2. The molecule has 0 aliphatic heterocycles. The van der Waals surface area contributed by atoms with Gasteiger partial charge in [0.15, 0.2) is 0 Å². The lowest BCUT2D eigenvalue weighted by Crippen LogP contribution is -2.35. The molecule has 0 radical (unpaired) electrons. The van der Waals surface area contributed by atoms with Crippen molar-refractivity contribution in [3.05, 3.63) is 0 Å². The SMILES string of the molecule is O=C(CCNC(=O)C1CCCC1)NCC1(CCO)CC1. The zero-order valence-corrected chi connectivity index (χ0v) is 12.1. The van der Waals surface area contributed by atoms with Gasteiger partial charge < -0.3 is 15.7 Å². The highest BCUT2D eigenvalue weighted by Crippen LogP contribution is 2.47. The first kappa shape index (κ1) is 15.3. The van der Waals surface area contributed by atoms with E-state index in [1.165, 1.54) is 0 Å². The van der Waals surface area contributed by atoms with E-state index in [0.717, 1.165) is 44.9 Å². The molecule has 20 heavy (non-hydrogen) atoms. The third kappa shape index (κ3) is 4.47. The van der Waals surface area contributed by atoms with Crippen LogP contribution in [0.4, 0.5) is 0 Å². The molecule has 0 heterocycles. The van der Waals surface area contributed by atoms with Gasteiger partial charge in [0, 0.05) is 32.0 Å². The van der Waals surface area contributed by atoms with Gasteiger partial charge in [-0.3, -0.25) is 9.59 Å². The fourth-order valence-electron chi connectivity index (χ4n) is 2.94. The minimum Gasteiger partial charge on any atom is -0.396 e. The number of carbonyl (C=O) groups excluding carboxylic acids is 2. The van der Waals surface area contributed by atoms with Crippen molar-refractivity contribution >= 4 is 11.8 Å². The molecule has 2 fully saturated rings. The molecule has 5 nitrogen and oxygen atoms in total. The minimum atomic E-state index is -0.0130. The van der Waals surface area contributed by atoms with E-state index in [2.05, 4.69) is 10.6 Å². The third-order valence-electron chi connectivity index (χ3n) is 4.64. The molecular formula is C15H26N2O3. The molecule has 2 amide bonds. The Morgan fingerprint density at radius 1 is 1.15 bits per heavy atom. The molecule has 0 spiro atoms. The normalized spacial score (nSPS) is 20.6. The first-order valence-corrected chi connectivity index (χ1v) is 7.80. The van der Waals surface area contributed by atoms with E-state index in [9.17, 15) is 9.59 Å². The van der Waals surface area contributed by atoms with Gasteiger partial charge in [-0.05, 0) is 37.5 Å². The van der Waals surface area contributed by atoms with Crippen LogP contribution in [0.15, 0.2) is 0 Å². The summed E-state index contributed by atoms with van der Waals surface area (Å²) < 4.78 is 0. The Morgan fingerprint density at radius 3 is 2.45 bits per heavy atom. The van der Waals surface area contributed by atoms with Gasteiger partial charge >= 0.3 is 0 Å². The average Bonchev–Trinajstić information content (AvgIpc) is 2.99. The molecule has 0 aromatic rings. The summed E-state index contributed by atoms with van der Waals surface area (Å²) in [6.45, 7) is 1.27. The van der Waals surface area contributed by atoms with E-state index >= 15 is 0 Å². The zero-order valence-electron chi connectivity index (χ0n) is 12.1. The average molecular weight is 282 g/mol. The molecular weight excluding hydrogens is 256 g/mol. The molecule has 2 rings (SSSR count). The van der Waals surface area contributed by atoms with Crippen LogP contribution in [0.2, 0.25) is 0 Å². The predicted octanol–water partition coefficient (Wildman–Crippen LogP) is 0.962. The van der Waals surface area contributed by atoms with E-state index in [1.807, 2.05) is 0 Å². The number of hydrogen-bond acceptors (Lipinski definition) is 3. The topological polar surface area (TPSA) is 78.4 Å². The van der Waals surface area contributed by atoms with Crippen LogP contribution in [0.5, 0.6) is 0 Å². The zero-order chi connectivity index (χ0) is 14.4. The van der Waals surface area contributed by atoms with Gasteiger partial charge in [0.2, 0.25) is 11.8 Å². The largest absolute Gasteiger partial charge is 0.396 e. The smallest absolute Gasteiger partial charge is 0.223 e. The number of nitrogens with one attached hydrogen (secondary N) is 2. The van der Waals surface area contributed by atoms with Gasteiger partial charge in [-0.15, -0.1) is 0 Å². The predicted molar refractivity (Wildman–Crippen MR) is 76.0 cm³/mol. The third-order valence-corrected chi connectivity index (χ3v) is 4.64. The molecule has 0 aromatic carbocycles. The number of hydrogen-bond donors (Lipinski definition) is 3.